The molecule has 0 saturated heterocycles. The van der Waals surface area contributed by atoms with Crippen LogP contribution < -0.4 is 4.74 Å². The number of methoxy groups -OCH3 is 1. The van der Waals surface area contributed by atoms with Gasteiger partial charge in [-0.15, -0.1) is 0 Å². The topological polar surface area (TPSA) is 26.3 Å². The Morgan fingerprint density at radius 1 is 1.57 bits per heavy atom. The van der Waals surface area contributed by atoms with E-state index in [2.05, 4.69) is 15.9 Å². The molecule has 0 heterocycles. The third kappa shape index (κ3) is 2.32. The fourth-order valence-electron chi connectivity index (χ4n) is 1.20. The van der Waals surface area contributed by atoms with E-state index in [0.717, 1.165) is 11.8 Å². The molecule has 0 unspecified atom stereocenters. The first-order chi connectivity index (χ1) is 6.70. The summed E-state index contributed by atoms with van der Waals surface area (Å²) in [5.74, 6) is 0.101. The van der Waals surface area contributed by atoms with Gasteiger partial charge in [0.2, 0.25) is 0 Å². The summed E-state index contributed by atoms with van der Waals surface area (Å²) in [6.45, 7) is 0. The number of benzene rings is 1. The summed E-state index contributed by atoms with van der Waals surface area (Å²) in [6, 6.07) is 2.98. The number of hydrogen-bond donors (Lipinski definition) is 0. The van der Waals surface area contributed by atoms with Crippen molar-refractivity contribution in [3.05, 3.63) is 28.0 Å². The molecule has 0 N–H and O–H groups in total. The van der Waals surface area contributed by atoms with Crippen LogP contribution in [0.15, 0.2) is 16.6 Å². The highest BCUT2D eigenvalue weighted by atomic mass is 79.9. The Morgan fingerprint density at radius 2 is 2.29 bits per heavy atom. The normalized spacial score (nSPS) is 9.93. The highest BCUT2D eigenvalue weighted by Gasteiger charge is 2.11. The molecule has 0 aliphatic carbocycles. The smallest absolute Gasteiger partial charge is 0.141 e. The lowest BCUT2D eigenvalue weighted by molar-refractivity contribution is -0.107. The second-order valence-electron chi connectivity index (χ2n) is 2.76. The van der Waals surface area contributed by atoms with Crippen molar-refractivity contribution in [3.8, 4) is 5.75 Å². The van der Waals surface area contributed by atoms with Crippen LogP contribution in [0.3, 0.4) is 0 Å². The molecule has 4 heteroatoms. The molecular formula is C10H10BrFO2. The Balaban J connectivity index is 3.03. The van der Waals surface area contributed by atoms with Gasteiger partial charge >= 0.3 is 0 Å². The van der Waals surface area contributed by atoms with Gasteiger partial charge in [0.25, 0.3) is 0 Å². The highest BCUT2D eigenvalue weighted by Crippen LogP contribution is 2.31. The Kier molecular flexibility index (Phi) is 4.07. The summed E-state index contributed by atoms with van der Waals surface area (Å²) in [6.07, 6.45) is 1.80. The van der Waals surface area contributed by atoms with Gasteiger partial charge in [0.05, 0.1) is 11.6 Å². The number of carbonyl (C=O) groups excluding carboxylic acids is 1. The maximum atomic E-state index is 13.1. The van der Waals surface area contributed by atoms with E-state index >= 15 is 0 Å². The first-order valence-electron chi connectivity index (χ1n) is 4.15. The molecule has 14 heavy (non-hydrogen) atoms. The van der Waals surface area contributed by atoms with Crippen molar-refractivity contribution < 1.29 is 13.9 Å². The van der Waals surface area contributed by atoms with Gasteiger partial charge in [0.15, 0.2) is 0 Å². The van der Waals surface area contributed by atoms with Crippen LogP contribution >= 0.6 is 15.9 Å². The summed E-state index contributed by atoms with van der Waals surface area (Å²) in [5.41, 5.74) is 0.827. The predicted octanol–water partition coefficient (Wildman–Crippen LogP) is 2.73. The van der Waals surface area contributed by atoms with Gasteiger partial charge in [-0.2, -0.15) is 0 Å². The molecule has 2 nitrogen and oxygen atoms in total. The zero-order valence-corrected chi connectivity index (χ0v) is 9.30. The SMILES string of the molecule is COc1c(CCC=O)ccc(F)c1Br. The number of ether oxygens (including phenoxy) is 1. The standard InChI is InChI=1S/C10H10BrFO2/c1-14-10-7(3-2-6-13)4-5-8(12)9(10)11/h4-6H,2-3H2,1H3. The lowest BCUT2D eigenvalue weighted by Gasteiger charge is -2.09. The molecule has 0 saturated carbocycles. The van der Waals surface area contributed by atoms with Crippen LogP contribution in [0.5, 0.6) is 5.75 Å². The summed E-state index contributed by atoms with van der Waals surface area (Å²) >= 11 is 3.09. The molecule has 0 amide bonds. The summed E-state index contributed by atoms with van der Waals surface area (Å²) < 4.78 is 18.4. The minimum absolute atomic E-state index is 0.309. The number of halogens is 2. The molecule has 1 aromatic rings. The van der Waals surface area contributed by atoms with Crippen LogP contribution in [0.4, 0.5) is 4.39 Å². The lowest BCUT2D eigenvalue weighted by Crippen LogP contribution is -1.95. The van der Waals surface area contributed by atoms with E-state index in [-0.39, 0.29) is 5.82 Å². The van der Waals surface area contributed by atoms with Crippen molar-refractivity contribution in [2.45, 2.75) is 12.8 Å². The van der Waals surface area contributed by atoms with Crippen LogP contribution in [0.1, 0.15) is 12.0 Å². The van der Waals surface area contributed by atoms with Crippen LogP contribution in [0, 0.1) is 5.82 Å². The molecule has 0 aromatic heterocycles. The van der Waals surface area contributed by atoms with E-state index in [0.29, 0.717) is 23.1 Å². The first kappa shape index (κ1) is 11.2. The van der Waals surface area contributed by atoms with E-state index in [9.17, 15) is 9.18 Å². The number of aryl methyl sites for hydroxylation is 1. The van der Waals surface area contributed by atoms with Gasteiger partial charge < -0.3 is 9.53 Å². The number of carbonyl (C=O) groups is 1. The zero-order chi connectivity index (χ0) is 10.6. The Bertz CT molecular complexity index is 339. The van der Waals surface area contributed by atoms with Crippen LogP contribution in [-0.2, 0) is 11.2 Å². The maximum Gasteiger partial charge on any atom is 0.141 e. The van der Waals surface area contributed by atoms with Crippen molar-refractivity contribution >= 4 is 22.2 Å². The van der Waals surface area contributed by atoms with Gasteiger partial charge in [-0.1, -0.05) is 6.07 Å². The predicted molar refractivity (Wildman–Crippen MR) is 55.0 cm³/mol. The second-order valence-corrected chi connectivity index (χ2v) is 3.55. The van der Waals surface area contributed by atoms with Crippen molar-refractivity contribution in [1.29, 1.82) is 0 Å². The second kappa shape index (κ2) is 5.10. The van der Waals surface area contributed by atoms with E-state index in [4.69, 9.17) is 4.74 Å². The Labute approximate surface area is 90.2 Å². The molecule has 0 fully saturated rings. The largest absolute Gasteiger partial charge is 0.495 e. The average Bonchev–Trinajstić information content (AvgIpc) is 2.20. The molecule has 0 aliphatic heterocycles. The summed E-state index contributed by atoms with van der Waals surface area (Å²) in [4.78, 5) is 10.2. The van der Waals surface area contributed by atoms with Crippen molar-refractivity contribution in [2.24, 2.45) is 0 Å². The number of hydrogen-bond acceptors (Lipinski definition) is 2. The Morgan fingerprint density at radius 3 is 2.86 bits per heavy atom. The molecule has 0 aliphatic rings. The summed E-state index contributed by atoms with van der Waals surface area (Å²) in [5, 5.41) is 0. The van der Waals surface area contributed by atoms with E-state index in [1.807, 2.05) is 0 Å². The highest BCUT2D eigenvalue weighted by molar-refractivity contribution is 9.10. The third-order valence-electron chi connectivity index (χ3n) is 1.87. The van der Waals surface area contributed by atoms with Crippen molar-refractivity contribution in [1.82, 2.24) is 0 Å². The maximum absolute atomic E-state index is 13.1. The van der Waals surface area contributed by atoms with E-state index < -0.39 is 0 Å². The number of rotatable bonds is 4. The van der Waals surface area contributed by atoms with Gasteiger partial charge in [-0.05, 0) is 34.0 Å². The first-order valence-corrected chi connectivity index (χ1v) is 4.94. The molecule has 0 bridgehead atoms. The third-order valence-corrected chi connectivity index (χ3v) is 2.61. The van der Waals surface area contributed by atoms with Gasteiger partial charge in [-0.25, -0.2) is 4.39 Å². The molecular weight excluding hydrogens is 251 g/mol. The molecule has 1 rings (SSSR count). The van der Waals surface area contributed by atoms with Gasteiger partial charge in [0.1, 0.15) is 17.9 Å². The quantitative estimate of drug-likeness (QED) is 0.779. The fraction of sp³-hybridized carbons (Fsp3) is 0.300. The average molecular weight is 261 g/mol. The van der Waals surface area contributed by atoms with Crippen LogP contribution in [0.2, 0.25) is 0 Å². The fourth-order valence-corrected chi connectivity index (χ4v) is 1.75. The Hall–Kier alpha value is -0.900. The van der Waals surface area contributed by atoms with Gasteiger partial charge in [-0.3, -0.25) is 0 Å². The van der Waals surface area contributed by atoms with Crippen molar-refractivity contribution in [2.75, 3.05) is 7.11 Å². The zero-order valence-electron chi connectivity index (χ0n) is 7.72. The number of aldehydes is 1. The summed E-state index contributed by atoms with van der Waals surface area (Å²) in [7, 11) is 1.48. The van der Waals surface area contributed by atoms with Crippen LogP contribution in [-0.4, -0.2) is 13.4 Å². The monoisotopic (exact) mass is 260 g/mol. The minimum atomic E-state index is -0.364. The molecule has 76 valence electrons. The van der Waals surface area contributed by atoms with E-state index in [1.54, 1.807) is 6.07 Å². The molecule has 1 aromatic carbocycles. The minimum Gasteiger partial charge on any atom is -0.495 e. The lowest BCUT2D eigenvalue weighted by atomic mass is 10.1. The molecule has 0 radical (unpaired) electrons. The van der Waals surface area contributed by atoms with Crippen molar-refractivity contribution in [3.63, 3.8) is 0 Å². The van der Waals surface area contributed by atoms with E-state index in [1.165, 1.54) is 13.2 Å². The molecule has 0 spiro atoms. The van der Waals surface area contributed by atoms with Gasteiger partial charge in [0, 0.05) is 6.42 Å². The molecule has 0 atom stereocenters. The van der Waals surface area contributed by atoms with Crippen LogP contribution in [0.25, 0.3) is 0 Å².